The highest BCUT2D eigenvalue weighted by molar-refractivity contribution is 7.47. The molecule has 0 rings (SSSR count). The van der Waals surface area contributed by atoms with Gasteiger partial charge in [0, 0.05) is 25.7 Å². The molecule has 0 saturated carbocycles. The van der Waals surface area contributed by atoms with Crippen LogP contribution < -0.4 is 0 Å². The van der Waals surface area contributed by atoms with Crippen LogP contribution in [0.2, 0.25) is 0 Å². The van der Waals surface area contributed by atoms with Crippen molar-refractivity contribution in [1.82, 2.24) is 0 Å². The average Bonchev–Trinajstić information content (AvgIpc) is 0.923. The molecule has 3 N–H and O–H groups in total. The lowest BCUT2D eigenvalue weighted by molar-refractivity contribution is -0.161. The largest absolute Gasteiger partial charge is 0.472 e. The van der Waals surface area contributed by atoms with Gasteiger partial charge < -0.3 is 33.8 Å². The maximum atomic E-state index is 13.1. The smallest absolute Gasteiger partial charge is 0.462 e. The summed E-state index contributed by atoms with van der Waals surface area (Å²) >= 11 is 0. The number of ether oxygens (including phenoxy) is 4. The van der Waals surface area contributed by atoms with E-state index in [0.29, 0.717) is 31.6 Å². The van der Waals surface area contributed by atoms with Gasteiger partial charge in [0.15, 0.2) is 12.2 Å². The first-order chi connectivity index (χ1) is 49.7. The summed E-state index contributed by atoms with van der Waals surface area (Å²) in [7, 11) is -9.93. The highest BCUT2D eigenvalue weighted by Gasteiger charge is 2.30. The molecule has 0 aliphatic rings. The number of carbonyl (C=O) groups excluding carboxylic acids is 4. The molecule has 103 heavy (non-hydrogen) atoms. The van der Waals surface area contributed by atoms with Crippen LogP contribution in [0.5, 0.6) is 0 Å². The first-order valence-electron chi connectivity index (χ1n) is 43.3. The van der Waals surface area contributed by atoms with E-state index in [9.17, 15) is 43.2 Å². The normalized spacial score (nSPS) is 14.5. The molecular formula is C84H164O17P2. The molecule has 0 aromatic rings. The van der Waals surface area contributed by atoms with Crippen LogP contribution in [0.25, 0.3) is 0 Å². The highest BCUT2D eigenvalue weighted by atomic mass is 31.2. The van der Waals surface area contributed by atoms with Gasteiger partial charge in [-0.15, -0.1) is 0 Å². The minimum Gasteiger partial charge on any atom is -0.462 e. The summed E-state index contributed by atoms with van der Waals surface area (Å²) in [4.78, 5) is 73.1. The monoisotopic (exact) mass is 1510 g/mol. The number of phosphoric ester groups is 2. The van der Waals surface area contributed by atoms with Crippen molar-refractivity contribution in [3.8, 4) is 0 Å². The molecule has 0 aromatic carbocycles. The van der Waals surface area contributed by atoms with Gasteiger partial charge in [0.05, 0.1) is 26.4 Å². The molecule has 0 heterocycles. The van der Waals surface area contributed by atoms with E-state index in [1.165, 1.54) is 231 Å². The van der Waals surface area contributed by atoms with E-state index in [1.807, 2.05) is 0 Å². The van der Waals surface area contributed by atoms with Gasteiger partial charge in [-0.05, 0) is 49.4 Å². The quantitative estimate of drug-likeness (QED) is 0.0222. The van der Waals surface area contributed by atoms with E-state index in [-0.39, 0.29) is 25.7 Å². The number of aliphatic hydroxyl groups excluding tert-OH is 1. The van der Waals surface area contributed by atoms with Crippen molar-refractivity contribution in [2.24, 2.45) is 23.7 Å². The maximum Gasteiger partial charge on any atom is 0.472 e. The Kier molecular flexibility index (Phi) is 71.5. The van der Waals surface area contributed by atoms with Gasteiger partial charge in [0.1, 0.15) is 19.3 Å². The van der Waals surface area contributed by atoms with Crippen molar-refractivity contribution in [2.45, 2.75) is 453 Å². The SMILES string of the molecule is CCC(C)CCCCCCCCCCCCCCCCC(=O)O[C@H](COC(=O)CCCCCCCCCCCCCCCCCCCCC(C)C)COP(=O)(O)OCC(O)COP(=O)(O)OC[C@@H](COC(=O)CCCCCCCCCC(C)C)OC(=O)CCCCCCCCCCCCC(C)CC. The number of aliphatic hydroxyl groups is 1. The first kappa shape index (κ1) is 101. The summed E-state index contributed by atoms with van der Waals surface area (Å²) in [6.45, 7) is 14.3. The molecular weight excluding hydrogens is 1340 g/mol. The van der Waals surface area contributed by atoms with Crippen molar-refractivity contribution < 1.29 is 80.2 Å². The molecule has 0 aliphatic heterocycles. The zero-order chi connectivity index (χ0) is 76.0. The second-order valence-corrected chi connectivity index (χ2v) is 34.6. The fourth-order valence-corrected chi connectivity index (χ4v) is 14.5. The molecule has 17 nitrogen and oxygen atoms in total. The Morgan fingerprint density at radius 2 is 0.466 bits per heavy atom. The number of rotatable bonds is 81. The minimum absolute atomic E-state index is 0.105. The van der Waals surface area contributed by atoms with E-state index < -0.39 is 97.5 Å². The van der Waals surface area contributed by atoms with Crippen LogP contribution in [0.3, 0.4) is 0 Å². The fraction of sp³-hybridized carbons (Fsp3) is 0.952. The van der Waals surface area contributed by atoms with Crippen molar-refractivity contribution >= 4 is 39.5 Å². The van der Waals surface area contributed by atoms with E-state index in [4.69, 9.17) is 37.0 Å². The molecule has 0 bridgehead atoms. The number of phosphoric acid groups is 2. The molecule has 0 radical (unpaired) electrons. The second-order valence-electron chi connectivity index (χ2n) is 31.7. The molecule has 0 spiro atoms. The summed E-state index contributed by atoms with van der Waals surface area (Å²) in [5, 5.41) is 10.7. The Morgan fingerprint density at radius 3 is 0.689 bits per heavy atom. The molecule has 612 valence electrons. The first-order valence-corrected chi connectivity index (χ1v) is 46.3. The van der Waals surface area contributed by atoms with Crippen molar-refractivity contribution in [3.63, 3.8) is 0 Å². The Morgan fingerprint density at radius 1 is 0.272 bits per heavy atom. The summed E-state index contributed by atoms with van der Waals surface area (Å²) in [5.41, 5.74) is 0. The standard InChI is InChI=1S/C84H164O17P2/c1-9-76(7)62-54-46-38-30-24-20-17-18-22-26-33-41-50-58-66-83(88)100-79(70-94-81(86)64-56-48-40-32-25-21-16-14-12-11-13-15-19-23-29-36-44-52-60-74(3)4)72-98-102(90,91)96-68-78(85)69-97-103(92,93)99-73-80(71-95-82(87)65-57-49-43-35-37-45-53-61-75(5)6)101-84(89)67-59-51-42-34-28-27-31-39-47-55-63-77(8)10-2/h74-80,85H,9-73H2,1-8H3,(H,90,91)(H,92,93)/t76?,77?,78?,79-,80-/m1/s1. The summed E-state index contributed by atoms with van der Waals surface area (Å²) in [5.74, 6) is 1.07. The third-order valence-corrected chi connectivity index (χ3v) is 22.2. The zero-order valence-corrected chi connectivity index (χ0v) is 69.7. The number of hydrogen-bond donors (Lipinski definition) is 3. The van der Waals surface area contributed by atoms with Gasteiger partial charge in [-0.3, -0.25) is 37.3 Å². The lowest BCUT2D eigenvalue weighted by atomic mass is 9.99. The zero-order valence-electron chi connectivity index (χ0n) is 68.0. The van der Waals surface area contributed by atoms with Gasteiger partial charge in [-0.25, -0.2) is 9.13 Å². The number of hydrogen-bond acceptors (Lipinski definition) is 15. The molecule has 0 amide bonds. The van der Waals surface area contributed by atoms with Crippen LogP contribution in [0.1, 0.15) is 434 Å². The van der Waals surface area contributed by atoms with Crippen molar-refractivity contribution in [2.75, 3.05) is 39.6 Å². The molecule has 7 atom stereocenters. The van der Waals surface area contributed by atoms with Gasteiger partial charge in [0.25, 0.3) is 0 Å². The van der Waals surface area contributed by atoms with Gasteiger partial charge in [-0.1, -0.05) is 383 Å². The van der Waals surface area contributed by atoms with Crippen LogP contribution in [0, 0.1) is 23.7 Å². The van der Waals surface area contributed by atoms with E-state index in [0.717, 1.165) is 114 Å². The molecule has 0 aromatic heterocycles. The second kappa shape index (κ2) is 72.9. The Bertz CT molecular complexity index is 2010. The Labute approximate surface area is 632 Å². The Balaban J connectivity index is 5.23. The average molecular weight is 1510 g/mol. The minimum atomic E-state index is -4.97. The molecule has 0 saturated heterocycles. The maximum absolute atomic E-state index is 13.1. The summed E-state index contributed by atoms with van der Waals surface area (Å²) < 4.78 is 68.8. The van der Waals surface area contributed by atoms with Gasteiger partial charge >= 0.3 is 39.5 Å². The third-order valence-electron chi connectivity index (χ3n) is 20.3. The van der Waals surface area contributed by atoms with Crippen molar-refractivity contribution in [3.05, 3.63) is 0 Å². The summed E-state index contributed by atoms with van der Waals surface area (Å²) in [6, 6.07) is 0. The molecule has 0 fully saturated rings. The Hall–Kier alpha value is -1.94. The van der Waals surface area contributed by atoms with Crippen LogP contribution in [-0.4, -0.2) is 96.7 Å². The highest BCUT2D eigenvalue weighted by Crippen LogP contribution is 2.45. The molecule has 0 aliphatic carbocycles. The lowest BCUT2D eigenvalue weighted by Gasteiger charge is -2.21. The van der Waals surface area contributed by atoms with E-state index in [1.54, 1.807) is 0 Å². The fourth-order valence-electron chi connectivity index (χ4n) is 12.9. The summed E-state index contributed by atoms with van der Waals surface area (Å²) in [6.07, 6.45) is 61.1. The topological polar surface area (TPSA) is 237 Å². The van der Waals surface area contributed by atoms with Gasteiger partial charge in [-0.2, -0.15) is 0 Å². The van der Waals surface area contributed by atoms with Gasteiger partial charge in [0.2, 0.25) is 0 Å². The van der Waals surface area contributed by atoms with Crippen LogP contribution in [0.15, 0.2) is 0 Å². The van der Waals surface area contributed by atoms with E-state index >= 15 is 0 Å². The third kappa shape index (κ3) is 75.3. The number of carbonyl (C=O) groups is 4. The van der Waals surface area contributed by atoms with Crippen LogP contribution in [0.4, 0.5) is 0 Å². The van der Waals surface area contributed by atoms with E-state index in [2.05, 4.69) is 55.4 Å². The van der Waals surface area contributed by atoms with Crippen molar-refractivity contribution in [1.29, 1.82) is 0 Å². The molecule has 19 heteroatoms. The predicted octanol–water partition coefficient (Wildman–Crippen LogP) is 25.2. The lowest BCUT2D eigenvalue weighted by Crippen LogP contribution is -2.30. The number of unbranched alkanes of at least 4 members (excludes halogenated alkanes) is 45. The molecule has 5 unspecified atom stereocenters. The van der Waals surface area contributed by atoms with Crippen LogP contribution >= 0.6 is 15.6 Å². The number of esters is 4. The predicted molar refractivity (Wildman–Crippen MR) is 423 cm³/mol. The van der Waals surface area contributed by atoms with Crippen LogP contribution in [-0.2, 0) is 65.4 Å².